The van der Waals surface area contributed by atoms with Crippen LogP contribution in [0.5, 0.6) is 5.75 Å². The number of aromatic nitrogens is 1. The molecule has 7 heteroatoms. The molecule has 0 spiro atoms. The lowest BCUT2D eigenvalue weighted by Gasteiger charge is -2.09. The lowest BCUT2D eigenvalue weighted by atomic mass is 10.2. The molecule has 0 radical (unpaired) electrons. The summed E-state index contributed by atoms with van der Waals surface area (Å²) in [5.41, 5.74) is 0.975. The smallest absolute Gasteiger partial charge is 0.339 e. The minimum atomic E-state index is -0.426. The Kier molecular flexibility index (Phi) is 4.48. The fourth-order valence-electron chi connectivity index (χ4n) is 2.11. The maximum atomic E-state index is 11.9. The van der Waals surface area contributed by atoms with Crippen molar-refractivity contribution in [2.24, 2.45) is 0 Å². The van der Waals surface area contributed by atoms with E-state index in [1.54, 1.807) is 37.4 Å². The van der Waals surface area contributed by atoms with E-state index in [9.17, 15) is 9.59 Å². The van der Waals surface area contributed by atoms with Gasteiger partial charge in [-0.1, -0.05) is 11.6 Å². The molecule has 6 nitrogen and oxygen atoms in total. The van der Waals surface area contributed by atoms with Crippen molar-refractivity contribution in [3.8, 4) is 5.75 Å². The van der Waals surface area contributed by atoms with Gasteiger partial charge in [-0.2, -0.15) is 0 Å². The van der Waals surface area contributed by atoms with Crippen LogP contribution in [0.15, 0.2) is 51.9 Å². The standard InChI is InChI=1S/C17H13ClN2O4/c1-10-5-11-6-13(18)15(7-14(11)24-17(10)22)23-9-16(21)20-12-3-2-4-19-8-12/h2-8H,9H2,1H3,(H,20,21). The largest absolute Gasteiger partial charge is 0.482 e. The van der Waals surface area contributed by atoms with Gasteiger partial charge in [-0.05, 0) is 31.2 Å². The molecule has 2 heterocycles. The van der Waals surface area contributed by atoms with E-state index in [-0.39, 0.29) is 18.3 Å². The maximum absolute atomic E-state index is 11.9. The van der Waals surface area contributed by atoms with Crippen molar-refractivity contribution in [3.05, 3.63) is 63.7 Å². The van der Waals surface area contributed by atoms with E-state index in [1.165, 1.54) is 12.3 Å². The summed E-state index contributed by atoms with van der Waals surface area (Å²) in [4.78, 5) is 27.4. The van der Waals surface area contributed by atoms with E-state index >= 15 is 0 Å². The van der Waals surface area contributed by atoms with Gasteiger partial charge in [0.05, 0.1) is 16.9 Å². The molecule has 0 aliphatic carbocycles. The highest BCUT2D eigenvalue weighted by Gasteiger charge is 2.10. The molecule has 2 aromatic heterocycles. The molecule has 1 N–H and O–H groups in total. The van der Waals surface area contributed by atoms with Crippen LogP contribution in [0.1, 0.15) is 5.56 Å². The predicted molar refractivity (Wildman–Crippen MR) is 90.6 cm³/mol. The Hall–Kier alpha value is -2.86. The van der Waals surface area contributed by atoms with Crippen LogP contribution in [-0.4, -0.2) is 17.5 Å². The second-order valence-corrected chi connectivity index (χ2v) is 5.52. The molecule has 1 amide bonds. The Morgan fingerprint density at radius 1 is 1.38 bits per heavy atom. The molecular formula is C17H13ClN2O4. The summed E-state index contributed by atoms with van der Waals surface area (Å²) in [7, 11) is 0. The number of fused-ring (bicyclic) bond motifs is 1. The van der Waals surface area contributed by atoms with Crippen molar-refractivity contribution < 1.29 is 13.9 Å². The number of carbonyl (C=O) groups excluding carboxylic acids is 1. The molecule has 24 heavy (non-hydrogen) atoms. The molecule has 0 unspecified atom stereocenters. The van der Waals surface area contributed by atoms with Crippen molar-refractivity contribution in [2.75, 3.05) is 11.9 Å². The predicted octanol–water partition coefficient (Wildman–Crippen LogP) is 3.17. The molecule has 0 aliphatic heterocycles. The fraction of sp³-hybridized carbons (Fsp3) is 0.118. The number of benzene rings is 1. The third-order valence-corrected chi connectivity index (χ3v) is 3.56. The molecule has 3 rings (SSSR count). The van der Waals surface area contributed by atoms with Gasteiger partial charge in [-0.15, -0.1) is 0 Å². The van der Waals surface area contributed by atoms with Crippen LogP contribution in [0.2, 0.25) is 5.02 Å². The van der Waals surface area contributed by atoms with E-state index in [1.807, 2.05) is 0 Å². The normalized spacial score (nSPS) is 10.6. The lowest BCUT2D eigenvalue weighted by molar-refractivity contribution is -0.118. The maximum Gasteiger partial charge on any atom is 0.339 e. The fourth-order valence-corrected chi connectivity index (χ4v) is 2.34. The number of amides is 1. The Balaban J connectivity index is 1.75. The average Bonchev–Trinajstić information content (AvgIpc) is 2.56. The van der Waals surface area contributed by atoms with E-state index in [0.717, 1.165) is 0 Å². The summed E-state index contributed by atoms with van der Waals surface area (Å²) < 4.78 is 10.6. The van der Waals surface area contributed by atoms with Gasteiger partial charge in [-0.25, -0.2) is 4.79 Å². The number of rotatable bonds is 4. The van der Waals surface area contributed by atoms with Crippen LogP contribution < -0.4 is 15.7 Å². The minimum absolute atomic E-state index is 0.240. The van der Waals surface area contributed by atoms with Gasteiger partial charge >= 0.3 is 5.63 Å². The molecule has 0 aliphatic rings. The zero-order valence-corrected chi connectivity index (χ0v) is 13.5. The highest BCUT2D eigenvalue weighted by Crippen LogP contribution is 2.29. The molecule has 0 saturated heterocycles. The number of anilines is 1. The Morgan fingerprint density at radius 3 is 2.96 bits per heavy atom. The number of hydrogen-bond acceptors (Lipinski definition) is 5. The van der Waals surface area contributed by atoms with Gasteiger partial charge in [-0.3, -0.25) is 9.78 Å². The highest BCUT2D eigenvalue weighted by molar-refractivity contribution is 6.32. The number of halogens is 1. The SMILES string of the molecule is Cc1cc2cc(Cl)c(OCC(=O)Nc3cccnc3)cc2oc1=O. The lowest BCUT2D eigenvalue weighted by Crippen LogP contribution is -2.20. The molecule has 122 valence electrons. The van der Waals surface area contributed by atoms with Gasteiger partial charge in [0.2, 0.25) is 0 Å². The monoisotopic (exact) mass is 344 g/mol. The van der Waals surface area contributed by atoms with Crippen molar-refractivity contribution >= 4 is 34.2 Å². The number of aryl methyl sites for hydroxylation is 1. The summed E-state index contributed by atoms with van der Waals surface area (Å²) >= 11 is 6.15. The van der Waals surface area contributed by atoms with Crippen molar-refractivity contribution in [1.82, 2.24) is 4.98 Å². The molecular weight excluding hydrogens is 332 g/mol. The summed E-state index contributed by atoms with van der Waals surface area (Å²) in [6, 6.07) is 8.23. The second-order valence-electron chi connectivity index (χ2n) is 5.12. The quantitative estimate of drug-likeness (QED) is 0.735. The van der Waals surface area contributed by atoms with Gasteiger partial charge in [0.25, 0.3) is 5.91 Å². The summed E-state index contributed by atoms with van der Waals surface area (Å²) in [5, 5.41) is 3.65. The zero-order chi connectivity index (χ0) is 17.1. The summed E-state index contributed by atoms with van der Waals surface area (Å²) in [5.74, 6) is -0.0953. The summed E-state index contributed by atoms with van der Waals surface area (Å²) in [6.45, 7) is 1.42. The number of pyridine rings is 1. The average molecular weight is 345 g/mol. The van der Waals surface area contributed by atoms with Gasteiger partial charge in [0.1, 0.15) is 11.3 Å². The van der Waals surface area contributed by atoms with Crippen molar-refractivity contribution in [1.29, 1.82) is 0 Å². The molecule has 1 aromatic carbocycles. The van der Waals surface area contributed by atoms with E-state index in [0.29, 0.717) is 27.2 Å². The van der Waals surface area contributed by atoms with Crippen molar-refractivity contribution in [2.45, 2.75) is 6.92 Å². The molecule has 0 saturated carbocycles. The van der Waals surface area contributed by atoms with Crippen LogP contribution in [0.25, 0.3) is 11.0 Å². The first-order valence-electron chi connectivity index (χ1n) is 7.09. The van der Waals surface area contributed by atoms with Crippen molar-refractivity contribution in [3.63, 3.8) is 0 Å². The number of carbonyl (C=O) groups is 1. The van der Waals surface area contributed by atoms with Gasteiger partial charge < -0.3 is 14.5 Å². The van der Waals surface area contributed by atoms with Gasteiger partial charge in [0.15, 0.2) is 6.61 Å². The second kappa shape index (κ2) is 6.72. The van der Waals surface area contributed by atoms with Crippen LogP contribution in [-0.2, 0) is 4.79 Å². The number of hydrogen-bond donors (Lipinski definition) is 1. The Morgan fingerprint density at radius 2 is 2.21 bits per heavy atom. The molecule has 3 aromatic rings. The van der Waals surface area contributed by atoms with E-state index < -0.39 is 5.63 Å². The molecule has 0 atom stereocenters. The zero-order valence-electron chi connectivity index (χ0n) is 12.7. The third kappa shape index (κ3) is 3.55. The Labute approximate surface area is 142 Å². The third-order valence-electron chi connectivity index (χ3n) is 3.27. The first-order chi connectivity index (χ1) is 11.5. The van der Waals surface area contributed by atoms with Crippen LogP contribution in [0.3, 0.4) is 0 Å². The topological polar surface area (TPSA) is 81.4 Å². The number of nitrogens with one attached hydrogen (secondary N) is 1. The van der Waals surface area contributed by atoms with E-state index in [2.05, 4.69) is 10.3 Å². The first-order valence-corrected chi connectivity index (χ1v) is 7.47. The van der Waals surface area contributed by atoms with Crippen LogP contribution in [0.4, 0.5) is 5.69 Å². The highest BCUT2D eigenvalue weighted by atomic mass is 35.5. The van der Waals surface area contributed by atoms with Crippen LogP contribution >= 0.6 is 11.6 Å². The van der Waals surface area contributed by atoms with E-state index in [4.69, 9.17) is 20.8 Å². The van der Waals surface area contributed by atoms with Crippen LogP contribution in [0, 0.1) is 6.92 Å². The Bertz CT molecular complexity index is 954. The minimum Gasteiger partial charge on any atom is -0.482 e. The molecule has 0 fully saturated rings. The summed E-state index contributed by atoms with van der Waals surface area (Å²) in [6.07, 6.45) is 3.13. The number of nitrogens with zero attached hydrogens (tertiary/aromatic N) is 1. The molecule has 0 bridgehead atoms. The van der Waals surface area contributed by atoms with Gasteiger partial charge in [0, 0.05) is 23.2 Å². The number of ether oxygens (including phenoxy) is 1. The first kappa shape index (κ1) is 16.0.